The van der Waals surface area contributed by atoms with Gasteiger partial charge in [-0.15, -0.1) is 0 Å². The maximum Gasteiger partial charge on any atom is 0.282 e. The standard InChI is InChI=1S/C29H30BrN3O3/c1-5-20(4)28-32-25-12-11-23(30)16-24(25)29(34)33(28)31-17-21-10-13-26(27(15-21)35-6-2)36-18-22-9-7-8-19(3)14-22/h7-17,20H,5-6,18H2,1-4H3/t20-/m1/s1. The molecule has 186 valence electrons. The SMILES string of the molecule is CCOc1cc(C=Nn2c([C@H](C)CC)nc3ccc(Br)cc3c2=O)ccc1OCc1cccc(C)c1. The van der Waals surface area contributed by atoms with Gasteiger partial charge in [-0.1, -0.05) is 59.6 Å². The van der Waals surface area contributed by atoms with Crippen molar-refractivity contribution >= 4 is 33.0 Å². The van der Waals surface area contributed by atoms with Gasteiger partial charge in [-0.3, -0.25) is 4.79 Å². The van der Waals surface area contributed by atoms with E-state index in [1.54, 1.807) is 12.3 Å². The monoisotopic (exact) mass is 547 g/mol. The van der Waals surface area contributed by atoms with Crippen LogP contribution in [0.4, 0.5) is 0 Å². The molecule has 7 heteroatoms. The number of hydrogen-bond donors (Lipinski definition) is 0. The molecule has 4 aromatic rings. The molecule has 0 aliphatic rings. The highest BCUT2D eigenvalue weighted by Gasteiger charge is 2.16. The van der Waals surface area contributed by atoms with E-state index in [0.717, 1.165) is 22.0 Å². The summed E-state index contributed by atoms with van der Waals surface area (Å²) >= 11 is 3.45. The molecule has 0 aliphatic carbocycles. The summed E-state index contributed by atoms with van der Waals surface area (Å²) in [6.45, 7) is 9.06. The van der Waals surface area contributed by atoms with Gasteiger partial charge >= 0.3 is 0 Å². The highest BCUT2D eigenvalue weighted by molar-refractivity contribution is 9.10. The number of nitrogens with zero attached hydrogens (tertiary/aromatic N) is 3. The van der Waals surface area contributed by atoms with Gasteiger partial charge in [-0.05, 0) is 67.8 Å². The number of benzene rings is 3. The first-order valence-corrected chi connectivity index (χ1v) is 12.9. The predicted octanol–water partition coefficient (Wildman–Crippen LogP) is 6.84. The van der Waals surface area contributed by atoms with Crippen molar-refractivity contribution in [2.24, 2.45) is 5.10 Å². The van der Waals surface area contributed by atoms with E-state index >= 15 is 0 Å². The quantitative estimate of drug-likeness (QED) is 0.215. The van der Waals surface area contributed by atoms with Crippen molar-refractivity contribution < 1.29 is 9.47 Å². The summed E-state index contributed by atoms with van der Waals surface area (Å²) in [6.07, 6.45) is 2.50. The van der Waals surface area contributed by atoms with Crippen LogP contribution < -0.4 is 15.0 Å². The average molecular weight is 548 g/mol. The van der Waals surface area contributed by atoms with Gasteiger partial charge in [0, 0.05) is 10.4 Å². The Balaban J connectivity index is 1.67. The van der Waals surface area contributed by atoms with Gasteiger partial charge in [0.2, 0.25) is 0 Å². The molecule has 4 rings (SSSR count). The van der Waals surface area contributed by atoms with E-state index in [1.165, 1.54) is 10.2 Å². The van der Waals surface area contributed by atoms with Crippen LogP contribution in [0, 0.1) is 6.92 Å². The molecule has 36 heavy (non-hydrogen) atoms. The Morgan fingerprint density at radius 2 is 1.89 bits per heavy atom. The van der Waals surface area contributed by atoms with Crippen LogP contribution in [-0.4, -0.2) is 22.5 Å². The zero-order chi connectivity index (χ0) is 25.7. The molecule has 0 N–H and O–H groups in total. The Bertz CT molecular complexity index is 1460. The summed E-state index contributed by atoms with van der Waals surface area (Å²) in [4.78, 5) is 18.1. The third kappa shape index (κ3) is 5.85. The van der Waals surface area contributed by atoms with Gasteiger partial charge in [-0.2, -0.15) is 9.78 Å². The fourth-order valence-corrected chi connectivity index (χ4v) is 4.22. The van der Waals surface area contributed by atoms with Crippen molar-refractivity contribution in [3.63, 3.8) is 0 Å². The van der Waals surface area contributed by atoms with Gasteiger partial charge in [0.15, 0.2) is 11.5 Å². The molecule has 0 spiro atoms. The minimum atomic E-state index is -0.198. The highest BCUT2D eigenvalue weighted by atomic mass is 79.9. The molecule has 0 amide bonds. The molecule has 1 atom stereocenters. The number of aromatic nitrogens is 2. The number of fused-ring (bicyclic) bond motifs is 1. The van der Waals surface area contributed by atoms with Crippen molar-refractivity contribution in [2.45, 2.75) is 46.6 Å². The van der Waals surface area contributed by atoms with Crippen LogP contribution >= 0.6 is 15.9 Å². The Hall–Kier alpha value is -3.45. The fraction of sp³-hybridized carbons (Fsp3) is 0.276. The Kier molecular flexibility index (Phi) is 8.21. The zero-order valence-corrected chi connectivity index (χ0v) is 22.6. The molecule has 0 unspecified atom stereocenters. The Morgan fingerprint density at radius 3 is 2.64 bits per heavy atom. The van der Waals surface area contributed by atoms with Crippen LogP contribution in [0.15, 0.2) is 75.0 Å². The lowest BCUT2D eigenvalue weighted by atomic mass is 10.1. The smallest absolute Gasteiger partial charge is 0.282 e. The van der Waals surface area contributed by atoms with Gasteiger partial charge in [0.25, 0.3) is 5.56 Å². The van der Waals surface area contributed by atoms with Gasteiger partial charge in [0.05, 0.1) is 23.7 Å². The molecule has 6 nitrogen and oxygen atoms in total. The van der Waals surface area contributed by atoms with Crippen LogP contribution in [0.3, 0.4) is 0 Å². The second-order valence-electron chi connectivity index (χ2n) is 8.72. The van der Waals surface area contributed by atoms with E-state index in [4.69, 9.17) is 14.5 Å². The number of aryl methyl sites for hydroxylation is 1. The number of hydrogen-bond acceptors (Lipinski definition) is 5. The van der Waals surface area contributed by atoms with E-state index in [1.807, 2.05) is 56.3 Å². The van der Waals surface area contributed by atoms with Crippen molar-refractivity contribution in [3.8, 4) is 11.5 Å². The first-order valence-electron chi connectivity index (χ1n) is 12.1. The Labute approximate surface area is 219 Å². The molecule has 3 aromatic carbocycles. The summed E-state index contributed by atoms with van der Waals surface area (Å²) in [5.74, 6) is 1.99. The number of rotatable bonds is 9. The van der Waals surface area contributed by atoms with Crippen molar-refractivity contribution in [1.29, 1.82) is 0 Å². The fourth-order valence-electron chi connectivity index (χ4n) is 3.86. The topological polar surface area (TPSA) is 65.7 Å². The van der Waals surface area contributed by atoms with Gasteiger partial charge < -0.3 is 9.47 Å². The molecular formula is C29H30BrN3O3. The maximum absolute atomic E-state index is 13.4. The normalized spacial score (nSPS) is 12.2. The van der Waals surface area contributed by atoms with Crippen LogP contribution in [-0.2, 0) is 6.61 Å². The second-order valence-corrected chi connectivity index (χ2v) is 9.63. The van der Waals surface area contributed by atoms with Crippen molar-refractivity contribution in [3.05, 3.63) is 98.0 Å². The minimum absolute atomic E-state index is 0.0688. The minimum Gasteiger partial charge on any atom is -0.490 e. The van der Waals surface area contributed by atoms with E-state index in [2.05, 4.69) is 47.0 Å². The van der Waals surface area contributed by atoms with Crippen LogP contribution in [0.2, 0.25) is 0 Å². The van der Waals surface area contributed by atoms with E-state index in [0.29, 0.717) is 41.4 Å². The van der Waals surface area contributed by atoms with Gasteiger partial charge in [-0.25, -0.2) is 4.98 Å². The Morgan fingerprint density at radius 1 is 1.06 bits per heavy atom. The molecule has 1 aromatic heterocycles. The zero-order valence-electron chi connectivity index (χ0n) is 21.0. The summed E-state index contributed by atoms with van der Waals surface area (Å²) < 4.78 is 14.1. The highest BCUT2D eigenvalue weighted by Crippen LogP contribution is 2.29. The summed E-state index contributed by atoms with van der Waals surface area (Å²) in [5, 5.41) is 5.08. The molecule has 0 saturated heterocycles. The lowest BCUT2D eigenvalue weighted by molar-refractivity contribution is 0.269. The van der Waals surface area contributed by atoms with E-state index in [-0.39, 0.29) is 11.5 Å². The second kappa shape index (κ2) is 11.5. The predicted molar refractivity (Wildman–Crippen MR) is 149 cm³/mol. The van der Waals surface area contributed by atoms with Crippen molar-refractivity contribution in [1.82, 2.24) is 9.66 Å². The average Bonchev–Trinajstić information content (AvgIpc) is 2.87. The molecule has 0 bridgehead atoms. The molecule has 0 radical (unpaired) electrons. The first kappa shape index (κ1) is 25.6. The van der Waals surface area contributed by atoms with Gasteiger partial charge in [0.1, 0.15) is 12.4 Å². The lowest BCUT2D eigenvalue weighted by Gasteiger charge is -2.14. The molecule has 0 aliphatic heterocycles. The third-order valence-electron chi connectivity index (χ3n) is 5.95. The summed E-state index contributed by atoms with van der Waals surface area (Å²) in [7, 11) is 0. The molecule has 1 heterocycles. The van der Waals surface area contributed by atoms with E-state index in [9.17, 15) is 4.79 Å². The first-order chi connectivity index (χ1) is 17.4. The molecule has 0 saturated carbocycles. The third-order valence-corrected chi connectivity index (χ3v) is 6.45. The van der Waals surface area contributed by atoms with Crippen LogP contribution in [0.25, 0.3) is 10.9 Å². The maximum atomic E-state index is 13.4. The van der Waals surface area contributed by atoms with Crippen LogP contribution in [0.5, 0.6) is 11.5 Å². The molecular weight excluding hydrogens is 518 g/mol. The largest absolute Gasteiger partial charge is 0.490 e. The molecule has 0 fully saturated rings. The number of halogens is 1. The van der Waals surface area contributed by atoms with Crippen molar-refractivity contribution in [2.75, 3.05) is 6.61 Å². The lowest BCUT2D eigenvalue weighted by Crippen LogP contribution is -2.23. The summed E-state index contributed by atoms with van der Waals surface area (Å²) in [6, 6.07) is 19.4. The van der Waals surface area contributed by atoms with Crippen LogP contribution in [0.1, 0.15) is 55.6 Å². The summed E-state index contributed by atoms with van der Waals surface area (Å²) in [5.41, 5.74) is 3.54. The number of ether oxygens (including phenoxy) is 2. The van der Waals surface area contributed by atoms with E-state index < -0.39 is 0 Å².